The number of hydrogen-bond acceptors (Lipinski definition) is 6. The van der Waals surface area contributed by atoms with Gasteiger partial charge in [-0.25, -0.2) is 0 Å². The summed E-state index contributed by atoms with van der Waals surface area (Å²) in [7, 11) is 3.96. The number of aliphatic imine (C=N–C) groups is 1. The Hall–Kier alpha value is -1.83. The van der Waals surface area contributed by atoms with E-state index in [1.54, 1.807) is 6.20 Å². The first-order valence-corrected chi connectivity index (χ1v) is 10.8. The number of aliphatic hydroxyl groups is 1. The largest absolute Gasteiger partial charge is 0.396 e. The number of hydrogen-bond donors (Lipinski definition) is 3. The molecule has 162 valence electrons. The average Bonchev–Trinajstić information content (AvgIpc) is 2.72. The minimum atomic E-state index is -0.0117. The first-order valence-electron chi connectivity index (χ1n) is 10.8. The molecule has 1 amide bonds. The molecule has 0 aliphatic heterocycles. The van der Waals surface area contributed by atoms with Crippen molar-refractivity contribution in [2.75, 3.05) is 46.9 Å². The van der Waals surface area contributed by atoms with Crippen molar-refractivity contribution in [2.45, 2.75) is 38.6 Å². The van der Waals surface area contributed by atoms with E-state index in [4.69, 9.17) is 0 Å². The first-order chi connectivity index (χ1) is 14.1. The SMILES string of the molecule is CN(C)CCNC(=O)CNCc1cc(C=NCC(CO)C2CCCCC2)ccn1. The van der Waals surface area contributed by atoms with E-state index in [1.807, 2.05) is 37.3 Å². The highest BCUT2D eigenvalue weighted by atomic mass is 16.3. The normalized spacial score (nSPS) is 16.4. The molecule has 7 heteroatoms. The molecule has 0 aromatic carbocycles. The lowest BCUT2D eigenvalue weighted by molar-refractivity contribution is -0.120. The van der Waals surface area contributed by atoms with Gasteiger partial charge in [-0.05, 0) is 37.7 Å². The summed E-state index contributed by atoms with van der Waals surface area (Å²) >= 11 is 0. The smallest absolute Gasteiger partial charge is 0.234 e. The van der Waals surface area contributed by atoms with Gasteiger partial charge in [-0.2, -0.15) is 0 Å². The van der Waals surface area contributed by atoms with E-state index < -0.39 is 0 Å². The Kier molecular flexibility index (Phi) is 10.8. The maximum Gasteiger partial charge on any atom is 0.234 e. The van der Waals surface area contributed by atoms with Gasteiger partial charge in [0.25, 0.3) is 0 Å². The van der Waals surface area contributed by atoms with Gasteiger partial charge in [0.2, 0.25) is 5.91 Å². The molecule has 1 fully saturated rings. The van der Waals surface area contributed by atoms with Crippen LogP contribution in [0.3, 0.4) is 0 Å². The lowest BCUT2D eigenvalue weighted by Crippen LogP contribution is -2.37. The molecule has 1 aromatic heterocycles. The zero-order valence-electron chi connectivity index (χ0n) is 17.9. The topological polar surface area (TPSA) is 89.9 Å². The molecular weight excluding hydrogens is 366 g/mol. The summed E-state index contributed by atoms with van der Waals surface area (Å²) in [4.78, 5) is 22.8. The summed E-state index contributed by atoms with van der Waals surface area (Å²) < 4.78 is 0. The van der Waals surface area contributed by atoms with Gasteiger partial charge >= 0.3 is 0 Å². The number of aliphatic hydroxyl groups excluding tert-OH is 1. The molecule has 1 aromatic rings. The highest BCUT2D eigenvalue weighted by Gasteiger charge is 2.22. The van der Waals surface area contributed by atoms with Crippen LogP contribution in [-0.4, -0.2) is 74.0 Å². The van der Waals surface area contributed by atoms with Crippen molar-refractivity contribution in [1.29, 1.82) is 0 Å². The van der Waals surface area contributed by atoms with Crippen LogP contribution >= 0.6 is 0 Å². The third-order valence-corrected chi connectivity index (χ3v) is 5.44. The molecule has 7 nitrogen and oxygen atoms in total. The Balaban J connectivity index is 1.73. The predicted octanol–water partition coefficient (Wildman–Crippen LogP) is 1.46. The van der Waals surface area contributed by atoms with Crippen molar-refractivity contribution < 1.29 is 9.90 Å². The van der Waals surface area contributed by atoms with Gasteiger partial charge < -0.3 is 20.6 Å². The van der Waals surface area contributed by atoms with Crippen LogP contribution < -0.4 is 10.6 Å². The predicted molar refractivity (Wildman–Crippen MR) is 117 cm³/mol. The molecule has 29 heavy (non-hydrogen) atoms. The molecule has 1 aliphatic rings. The third-order valence-electron chi connectivity index (χ3n) is 5.44. The zero-order valence-corrected chi connectivity index (χ0v) is 17.9. The van der Waals surface area contributed by atoms with E-state index in [0.29, 0.717) is 25.6 Å². The van der Waals surface area contributed by atoms with Gasteiger partial charge in [0.1, 0.15) is 0 Å². The van der Waals surface area contributed by atoms with Gasteiger partial charge in [0, 0.05) is 51.1 Å². The molecule has 1 atom stereocenters. The number of carbonyl (C=O) groups is 1. The van der Waals surface area contributed by atoms with Crippen LogP contribution in [0.5, 0.6) is 0 Å². The zero-order chi connectivity index (χ0) is 20.9. The summed E-state index contributed by atoms with van der Waals surface area (Å²) in [6.07, 6.45) is 9.94. The van der Waals surface area contributed by atoms with Crippen molar-refractivity contribution in [3.63, 3.8) is 0 Å². The second-order valence-corrected chi connectivity index (χ2v) is 8.17. The molecule has 3 N–H and O–H groups in total. The van der Waals surface area contributed by atoms with E-state index in [0.717, 1.165) is 17.8 Å². The lowest BCUT2D eigenvalue weighted by atomic mass is 9.80. The standard InChI is InChI=1S/C22H37N5O2/c1-27(2)11-10-26-22(29)16-24-15-21-12-18(8-9-25-21)13-23-14-20(17-28)19-6-4-3-5-7-19/h8-9,12-13,19-20,24,28H,3-7,10-11,14-17H2,1-2H3,(H,26,29). The van der Waals surface area contributed by atoms with E-state index in [1.165, 1.54) is 32.1 Å². The fourth-order valence-corrected chi connectivity index (χ4v) is 3.71. The maximum absolute atomic E-state index is 11.8. The summed E-state index contributed by atoms with van der Waals surface area (Å²) in [6, 6.07) is 3.91. The molecule has 0 radical (unpaired) electrons. The minimum absolute atomic E-state index is 0.0117. The minimum Gasteiger partial charge on any atom is -0.396 e. The van der Waals surface area contributed by atoms with E-state index in [-0.39, 0.29) is 25.0 Å². The number of amides is 1. The Labute approximate surface area is 175 Å². The Morgan fingerprint density at radius 3 is 2.90 bits per heavy atom. The van der Waals surface area contributed by atoms with Crippen LogP contribution in [0.15, 0.2) is 23.3 Å². The van der Waals surface area contributed by atoms with E-state index in [2.05, 4.69) is 20.6 Å². The van der Waals surface area contributed by atoms with Crippen molar-refractivity contribution in [3.05, 3.63) is 29.6 Å². The van der Waals surface area contributed by atoms with Crippen LogP contribution in [0.2, 0.25) is 0 Å². The van der Waals surface area contributed by atoms with Crippen LogP contribution in [0.25, 0.3) is 0 Å². The summed E-state index contributed by atoms with van der Waals surface area (Å²) in [6.45, 7) is 3.16. The number of carbonyl (C=O) groups excluding carboxylic acids is 1. The van der Waals surface area contributed by atoms with E-state index in [9.17, 15) is 9.90 Å². The van der Waals surface area contributed by atoms with Crippen molar-refractivity contribution in [2.24, 2.45) is 16.8 Å². The molecule has 0 saturated heterocycles. The summed E-state index contributed by atoms with van der Waals surface area (Å²) in [5.74, 6) is 0.856. The van der Waals surface area contributed by atoms with Gasteiger partial charge in [-0.15, -0.1) is 0 Å². The Bertz CT molecular complexity index is 629. The van der Waals surface area contributed by atoms with Crippen LogP contribution in [0.4, 0.5) is 0 Å². The second-order valence-electron chi connectivity index (χ2n) is 8.17. The fourth-order valence-electron chi connectivity index (χ4n) is 3.71. The van der Waals surface area contributed by atoms with Crippen LogP contribution in [-0.2, 0) is 11.3 Å². The highest BCUT2D eigenvalue weighted by Crippen LogP contribution is 2.30. The average molecular weight is 404 g/mol. The highest BCUT2D eigenvalue weighted by molar-refractivity contribution is 5.79. The quantitative estimate of drug-likeness (QED) is 0.460. The number of nitrogens with one attached hydrogen (secondary N) is 2. The molecule has 1 unspecified atom stereocenters. The Morgan fingerprint density at radius 1 is 1.38 bits per heavy atom. The molecular formula is C22H37N5O2. The summed E-state index contributed by atoms with van der Waals surface area (Å²) in [5, 5.41) is 15.7. The second kappa shape index (κ2) is 13.4. The number of nitrogens with zero attached hydrogens (tertiary/aromatic N) is 3. The summed E-state index contributed by atoms with van der Waals surface area (Å²) in [5.41, 5.74) is 1.87. The van der Waals surface area contributed by atoms with Crippen molar-refractivity contribution in [3.8, 4) is 0 Å². The molecule has 2 rings (SSSR count). The maximum atomic E-state index is 11.8. The number of likely N-dealkylation sites (N-methyl/N-ethyl adjacent to an activating group) is 1. The molecule has 0 bridgehead atoms. The fraction of sp³-hybridized carbons (Fsp3) is 0.682. The van der Waals surface area contributed by atoms with Crippen molar-refractivity contribution in [1.82, 2.24) is 20.5 Å². The third kappa shape index (κ3) is 9.47. The number of rotatable bonds is 12. The monoisotopic (exact) mass is 403 g/mol. The van der Waals surface area contributed by atoms with Crippen LogP contribution in [0, 0.1) is 11.8 Å². The molecule has 1 saturated carbocycles. The van der Waals surface area contributed by atoms with Gasteiger partial charge in [-0.1, -0.05) is 32.1 Å². The molecule has 1 heterocycles. The van der Waals surface area contributed by atoms with E-state index >= 15 is 0 Å². The lowest BCUT2D eigenvalue weighted by Gasteiger charge is -2.27. The van der Waals surface area contributed by atoms with Gasteiger partial charge in [-0.3, -0.25) is 14.8 Å². The van der Waals surface area contributed by atoms with Gasteiger partial charge in [0.15, 0.2) is 0 Å². The van der Waals surface area contributed by atoms with Crippen molar-refractivity contribution >= 4 is 12.1 Å². The van der Waals surface area contributed by atoms with Gasteiger partial charge in [0.05, 0.1) is 12.2 Å². The van der Waals surface area contributed by atoms with Crippen LogP contribution in [0.1, 0.15) is 43.4 Å². The Morgan fingerprint density at radius 2 is 2.17 bits per heavy atom. The molecule has 1 aliphatic carbocycles. The number of pyridine rings is 1. The first kappa shape index (κ1) is 23.4. The number of aromatic nitrogens is 1. The molecule has 0 spiro atoms.